The van der Waals surface area contributed by atoms with E-state index in [-0.39, 0.29) is 5.41 Å². The Labute approximate surface area is 111 Å². The minimum Gasteiger partial charge on any atom is -0.494 e. The number of rotatable bonds is 5. The second-order valence-electron chi connectivity index (χ2n) is 5.49. The van der Waals surface area contributed by atoms with Gasteiger partial charge in [-0.3, -0.25) is 0 Å². The predicted octanol–water partition coefficient (Wildman–Crippen LogP) is 3.51. The maximum Gasteiger partial charge on any atom is 0.123 e. The van der Waals surface area contributed by atoms with Gasteiger partial charge in [-0.25, -0.2) is 0 Å². The van der Waals surface area contributed by atoms with Crippen LogP contribution in [0.1, 0.15) is 45.6 Å². The summed E-state index contributed by atoms with van der Waals surface area (Å²) in [6.07, 6.45) is 3.73. The van der Waals surface area contributed by atoms with E-state index in [1.54, 1.807) is 0 Å². The van der Waals surface area contributed by atoms with E-state index in [9.17, 15) is 0 Å². The largest absolute Gasteiger partial charge is 0.494 e. The number of hydrogen-bond donors (Lipinski definition) is 1. The van der Waals surface area contributed by atoms with Crippen molar-refractivity contribution in [2.75, 3.05) is 13.2 Å². The van der Waals surface area contributed by atoms with Crippen molar-refractivity contribution in [3.8, 4) is 5.75 Å². The zero-order valence-electron chi connectivity index (χ0n) is 11.8. The van der Waals surface area contributed by atoms with Crippen molar-refractivity contribution >= 4 is 0 Å². The molecule has 1 aromatic carbocycles. The molecule has 0 amide bonds. The highest BCUT2D eigenvalue weighted by molar-refractivity contribution is 5.40. The third-order valence-electron chi connectivity index (χ3n) is 4.07. The molecule has 0 spiro atoms. The van der Waals surface area contributed by atoms with Crippen LogP contribution in [0.25, 0.3) is 0 Å². The van der Waals surface area contributed by atoms with Crippen LogP contribution in [0.15, 0.2) is 24.3 Å². The molecule has 0 aromatic heterocycles. The molecule has 2 nitrogen and oxygen atoms in total. The van der Waals surface area contributed by atoms with E-state index in [2.05, 4.69) is 50.4 Å². The van der Waals surface area contributed by atoms with Crippen LogP contribution >= 0.6 is 0 Å². The zero-order chi connectivity index (χ0) is 13.0. The molecule has 2 unspecified atom stereocenters. The smallest absolute Gasteiger partial charge is 0.123 e. The van der Waals surface area contributed by atoms with E-state index >= 15 is 0 Å². The maximum atomic E-state index is 5.79. The van der Waals surface area contributed by atoms with Crippen LogP contribution in [0.4, 0.5) is 0 Å². The molecule has 0 bridgehead atoms. The van der Waals surface area contributed by atoms with E-state index in [4.69, 9.17) is 4.74 Å². The van der Waals surface area contributed by atoms with Crippen LogP contribution in [-0.2, 0) is 5.41 Å². The van der Waals surface area contributed by atoms with E-state index in [1.807, 2.05) is 0 Å². The van der Waals surface area contributed by atoms with Crippen LogP contribution in [0, 0.1) is 0 Å². The lowest BCUT2D eigenvalue weighted by Gasteiger charge is -2.27. The van der Waals surface area contributed by atoms with Gasteiger partial charge >= 0.3 is 0 Å². The molecular formula is C16H25NO. The van der Waals surface area contributed by atoms with Gasteiger partial charge in [0, 0.05) is 11.6 Å². The van der Waals surface area contributed by atoms with Crippen LogP contribution in [-0.4, -0.2) is 19.2 Å². The lowest BCUT2D eigenvalue weighted by molar-refractivity contribution is 0.324. The first-order valence-corrected chi connectivity index (χ1v) is 7.15. The van der Waals surface area contributed by atoms with Crippen molar-refractivity contribution in [3.63, 3.8) is 0 Å². The van der Waals surface area contributed by atoms with Crippen LogP contribution in [0.3, 0.4) is 0 Å². The Bertz CT molecular complexity index is 390. The summed E-state index contributed by atoms with van der Waals surface area (Å²) in [5, 5.41) is 3.58. The molecule has 0 saturated heterocycles. The Morgan fingerprint density at radius 1 is 1.33 bits per heavy atom. The standard InChI is InChI=1S/C16H25NO/c1-4-17-13-10-11-16(3,12-13)14-8-6-7-9-15(14)18-5-2/h6-9,13,17H,4-5,10-12H2,1-3H3. The molecule has 1 aliphatic rings. The lowest BCUT2D eigenvalue weighted by atomic mass is 9.80. The van der Waals surface area contributed by atoms with E-state index in [0.29, 0.717) is 6.04 Å². The molecule has 2 atom stereocenters. The first-order valence-electron chi connectivity index (χ1n) is 7.15. The quantitative estimate of drug-likeness (QED) is 0.859. The molecule has 18 heavy (non-hydrogen) atoms. The predicted molar refractivity (Wildman–Crippen MR) is 76.3 cm³/mol. The summed E-state index contributed by atoms with van der Waals surface area (Å²) < 4.78 is 5.79. The number of para-hydroxylation sites is 1. The first kappa shape index (κ1) is 13.4. The summed E-state index contributed by atoms with van der Waals surface area (Å²) in [6, 6.07) is 9.19. The van der Waals surface area contributed by atoms with E-state index in [0.717, 1.165) is 18.9 Å². The lowest BCUT2D eigenvalue weighted by Crippen LogP contribution is -2.28. The monoisotopic (exact) mass is 247 g/mol. The first-order chi connectivity index (χ1) is 8.69. The van der Waals surface area contributed by atoms with Crippen LogP contribution < -0.4 is 10.1 Å². The number of hydrogen-bond acceptors (Lipinski definition) is 2. The van der Waals surface area contributed by atoms with Gasteiger partial charge in [0.1, 0.15) is 5.75 Å². The third kappa shape index (κ3) is 2.69. The van der Waals surface area contributed by atoms with Crippen molar-refractivity contribution in [1.82, 2.24) is 5.32 Å². The molecule has 2 heteroatoms. The topological polar surface area (TPSA) is 21.3 Å². The van der Waals surface area contributed by atoms with Crippen molar-refractivity contribution in [2.24, 2.45) is 0 Å². The van der Waals surface area contributed by atoms with Crippen LogP contribution in [0.5, 0.6) is 5.75 Å². The Morgan fingerprint density at radius 2 is 2.11 bits per heavy atom. The van der Waals surface area contributed by atoms with Crippen molar-refractivity contribution in [1.29, 1.82) is 0 Å². The Kier molecular flexibility index (Phi) is 4.28. The van der Waals surface area contributed by atoms with Crippen molar-refractivity contribution in [3.05, 3.63) is 29.8 Å². The van der Waals surface area contributed by atoms with Gasteiger partial charge in [0.05, 0.1) is 6.61 Å². The third-order valence-corrected chi connectivity index (χ3v) is 4.07. The highest BCUT2D eigenvalue weighted by atomic mass is 16.5. The van der Waals surface area contributed by atoms with E-state index in [1.165, 1.54) is 24.8 Å². The molecular weight excluding hydrogens is 222 g/mol. The second kappa shape index (κ2) is 5.75. The minimum atomic E-state index is 0.262. The molecule has 0 radical (unpaired) electrons. The fourth-order valence-electron chi connectivity index (χ4n) is 3.19. The second-order valence-corrected chi connectivity index (χ2v) is 5.49. The normalized spacial score (nSPS) is 27.4. The average Bonchev–Trinajstić information content (AvgIpc) is 2.74. The number of ether oxygens (including phenoxy) is 1. The summed E-state index contributed by atoms with van der Waals surface area (Å²) in [5.74, 6) is 1.07. The molecule has 1 saturated carbocycles. The molecule has 0 heterocycles. The summed E-state index contributed by atoms with van der Waals surface area (Å²) >= 11 is 0. The Hall–Kier alpha value is -1.02. The van der Waals surface area contributed by atoms with Gasteiger partial charge in [0.2, 0.25) is 0 Å². The van der Waals surface area contributed by atoms with Gasteiger partial charge in [0.15, 0.2) is 0 Å². The average molecular weight is 247 g/mol. The summed E-state index contributed by atoms with van der Waals surface area (Å²) in [4.78, 5) is 0. The van der Waals surface area contributed by atoms with Gasteiger partial charge in [-0.15, -0.1) is 0 Å². The molecule has 2 rings (SSSR count). The molecule has 100 valence electrons. The minimum absolute atomic E-state index is 0.262. The molecule has 1 aromatic rings. The van der Waals surface area contributed by atoms with E-state index < -0.39 is 0 Å². The maximum absolute atomic E-state index is 5.79. The molecule has 1 N–H and O–H groups in total. The van der Waals surface area contributed by atoms with Crippen molar-refractivity contribution in [2.45, 2.75) is 51.5 Å². The molecule has 0 aliphatic heterocycles. The summed E-state index contributed by atoms with van der Waals surface area (Å²) in [7, 11) is 0. The molecule has 1 fully saturated rings. The Morgan fingerprint density at radius 3 is 2.83 bits per heavy atom. The van der Waals surface area contributed by atoms with Gasteiger partial charge in [-0.05, 0) is 44.2 Å². The van der Waals surface area contributed by atoms with Gasteiger partial charge in [-0.1, -0.05) is 32.0 Å². The number of nitrogens with one attached hydrogen (secondary N) is 1. The zero-order valence-corrected chi connectivity index (χ0v) is 11.8. The fourth-order valence-corrected chi connectivity index (χ4v) is 3.19. The van der Waals surface area contributed by atoms with Gasteiger partial charge in [-0.2, -0.15) is 0 Å². The highest BCUT2D eigenvalue weighted by Gasteiger charge is 2.37. The van der Waals surface area contributed by atoms with Gasteiger partial charge in [0.25, 0.3) is 0 Å². The highest BCUT2D eigenvalue weighted by Crippen LogP contribution is 2.44. The SMILES string of the molecule is CCNC1CCC(C)(c2ccccc2OCC)C1. The number of benzene rings is 1. The molecule has 1 aliphatic carbocycles. The fraction of sp³-hybridized carbons (Fsp3) is 0.625. The Balaban J connectivity index is 2.20. The van der Waals surface area contributed by atoms with Crippen molar-refractivity contribution < 1.29 is 4.74 Å². The summed E-state index contributed by atoms with van der Waals surface area (Å²) in [6.45, 7) is 8.42. The summed E-state index contributed by atoms with van der Waals surface area (Å²) in [5.41, 5.74) is 1.64. The van der Waals surface area contributed by atoms with Gasteiger partial charge < -0.3 is 10.1 Å². The van der Waals surface area contributed by atoms with Crippen LogP contribution in [0.2, 0.25) is 0 Å².